The number of carboxylic acid groups (broad SMARTS) is 1. The molecule has 1 rings (SSSR count). The largest absolute Gasteiger partial charge is 0.481 e. The molecule has 0 heterocycles. The summed E-state index contributed by atoms with van der Waals surface area (Å²) in [7, 11) is 0. The predicted octanol–water partition coefficient (Wildman–Crippen LogP) is 2.98. The maximum absolute atomic E-state index is 11.4. The van der Waals surface area contributed by atoms with E-state index >= 15 is 0 Å². The molecular formula is C11H12Cl2N2O3. The van der Waals surface area contributed by atoms with Crippen molar-refractivity contribution in [3.05, 3.63) is 28.2 Å². The first-order valence-electron chi connectivity index (χ1n) is 5.20. The number of benzene rings is 1. The van der Waals surface area contributed by atoms with Gasteiger partial charge >= 0.3 is 12.0 Å². The van der Waals surface area contributed by atoms with Gasteiger partial charge in [0.25, 0.3) is 0 Å². The number of hydrogen-bond donors (Lipinski definition) is 3. The summed E-state index contributed by atoms with van der Waals surface area (Å²) in [5.74, 6) is -0.890. The minimum atomic E-state index is -0.890. The maximum atomic E-state index is 11.4. The molecule has 3 N–H and O–H groups in total. The Kier molecular flexibility index (Phi) is 5.74. The summed E-state index contributed by atoms with van der Waals surface area (Å²) < 4.78 is 0. The number of carbonyl (C=O) groups excluding carboxylic acids is 1. The normalized spacial score (nSPS) is 9.89. The molecule has 1 aromatic rings. The third kappa shape index (κ3) is 5.75. The second-order valence-electron chi connectivity index (χ2n) is 3.54. The number of urea groups is 1. The molecule has 98 valence electrons. The summed E-state index contributed by atoms with van der Waals surface area (Å²) >= 11 is 11.5. The molecule has 2 amide bonds. The van der Waals surface area contributed by atoms with Crippen LogP contribution in [0.2, 0.25) is 10.0 Å². The van der Waals surface area contributed by atoms with Gasteiger partial charge in [-0.3, -0.25) is 4.79 Å². The average molecular weight is 291 g/mol. The first-order valence-corrected chi connectivity index (χ1v) is 5.95. The lowest BCUT2D eigenvalue weighted by atomic mass is 10.3. The Labute approximate surface area is 114 Å². The van der Waals surface area contributed by atoms with Gasteiger partial charge in [-0.25, -0.2) is 4.79 Å². The van der Waals surface area contributed by atoms with Crippen molar-refractivity contribution in [3.8, 4) is 0 Å². The Morgan fingerprint density at radius 2 is 1.78 bits per heavy atom. The monoisotopic (exact) mass is 290 g/mol. The van der Waals surface area contributed by atoms with Crippen LogP contribution >= 0.6 is 23.2 Å². The van der Waals surface area contributed by atoms with Crippen molar-refractivity contribution in [2.75, 3.05) is 11.9 Å². The van der Waals surface area contributed by atoms with E-state index in [-0.39, 0.29) is 13.0 Å². The first kappa shape index (κ1) is 14.6. The molecule has 0 atom stereocenters. The first-order chi connectivity index (χ1) is 8.47. The molecule has 1 aromatic carbocycles. The number of amides is 2. The summed E-state index contributed by atoms with van der Waals surface area (Å²) in [4.78, 5) is 21.7. The van der Waals surface area contributed by atoms with Gasteiger partial charge in [-0.1, -0.05) is 23.2 Å². The summed E-state index contributed by atoms with van der Waals surface area (Å²) in [6.07, 6.45) is 0.391. The fourth-order valence-electron chi connectivity index (χ4n) is 1.24. The Bertz CT molecular complexity index is 432. The highest BCUT2D eigenvalue weighted by atomic mass is 35.5. The van der Waals surface area contributed by atoms with Crippen LogP contribution in [0.15, 0.2) is 18.2 Å². The van der Waals surface area contributed by atoms with E-state index in [1.165, 1.54) is 0 Å². The van der Waals surface area contributed by atoms with Gasteiger partial charge in [-0.05, 0) is 24.6 Å². The fraction of sp³-hybridized carbons (Fsp3) is 0.273. The van der Waals surface area contributed by atoms with E-state index < -0.39 is 12.0 Å². The smallest absolute Gasteiger partial charge is 0.319 e. The number of carboxylic acids is 1. The molecule has 18 heavy (non-hydrogen) atoms. The Hall–Kier alpha value is -1.46. The highest BCUT2D eigenvalue weighted by Gasteiger charge is 2.04. The minimum absolute atomic E-state index is 0.0171. The van der Waals surface area contributed by atoms with Gasteiger partial charge in [0.2, 0.25) is 0 Å². The Morgan fingerprint density at radius 1 is 1.17 bits per heavy atom. The van der Waals surface area contributed by atoms with Crippen LogP contribution in [0.1, 0.15) is 12.8 Å². The van der Waals surface area contributed by atoms with Crippen molar-refractivity contribution in [1.29, 1.82) is 0 Å². The van der Waals surface area contributed by atoms with Crippen LogP contribution in [0.3, 0.4) is 0 Å². The van der Waals surface area contributed by atoms with Crippen molar-refractivity contribution in [3.63, 3.8) is 0 Å². The second-order valence-corrected chi connectivity index (χ2v) is 4.41. The number of nitrogens with one attached hydrogen (secondary N) is 2. The van der Waals surface area contributed by atoms with Gasteiger partial charge in [-0.2, -0.15) is 0 Å². The van der Waals surface area contributed by atoms with Gasteiger partial charge in [0.05, 0.1) is 0 Å². The molecule has 0 saturated carbocycles. The fourth-order valence-corrected chi connectivity index (χ4v) is 1.77. The molecule has 0 bridgehead atoms. The molecule has 0 aromatic heterocycles. The van der Waals surface area contributed by atoms with Crippen molar-refractivity contribution < 1.29 is 14.7 Å². The topological polar surface area (TPSA) is 78.4 Å². The molecule has 7 heteroatoms. The maximum Gasteiger partial charge on any atom is 0.319 e. The van der Waals surface area contributed by atoms with Gasteiger partial charge in [0.1, 0.15) is 0 Å². The molecule has 0 unspecified atom stereocenters. The van der Waals surface area contributed by atoms with Crippen molar-refractivity contribution in [2.24, 2.45) is 0 Å². The highest BCUT2D eigenvalue weighted by Crippen LogP contribution is 2.22. The van der Waals surface area contributed by atoms with E-state index in [0.29, 0.717) is 22.2 Å². The van der Waals surface area contributed by atoms with Gasteiger partial charge in [0.15, 0.2) is 0 Å². The third-order valence-corrected chi connectivity index (χ3v) is 2.41. The number of hydrogen-bond acceptors (Lipinski definition) is 2. The highest BCUT2D eigenvalue weighted by molar-refractivity contribution is 6.35. The summed E-state index contributed by atoms with van der Waals surface area (Å²) in [5.41, 5.74) is 0.475. The Morgan fingerprint density at radius 3 is 2.33 bits per heavy atom. The quantitative estimate of drug-likeness (QED) is 0.730. The number of halogens is 2. The average Bonchev–Trinajstić information content (AvgIpc) is 2.22. The summed E-state index contributed by atoms with van der Waals surface area (Å²) in [5, 5.41) is 14.3. The number of rotatable bonds is 5. The van der Waals surface area contributed by atoms with Gasteiger partial charge in [-0.15, -0.1) is 0 Å². The Balaban J connectivity index is 2.37. The second kappa shape index (κ2) is 7.08. The number of anilines is 1. The molecule has 0 radical (unpaired) electrons. The van der Waals surface area contributed by atoms with Crippen LogP contribution in [-0.2, 0) is 4.79 Å². The van der Waals surface area contributed by atoms with Gasteiger partial charge < -0.3 is 15.7 Å². The predicted molar refractivity (Wildman–Crippen MR) is 70.4 cm³/mol. The van der Waals surface area contributed by atoms with E-state index in [9.17, 15) is 9.59 Å². The van der Waals surface area contributed by atoms with Crippen LogP contribution in [0.4, 0.5) is 10.5 Å². The lowest BCUT2D eigenvalue weighted by Crippen LogP contribution is -2.29. The molecule has 5 nitrogen and oxygen atoms in total. The third-order valence-electron chi connectivity index (χ3n) is 1.97. The zero-order valence-corrected chi connectivity index (χ0v) is 10.9. The van der Waals surface area contributed by atoms with E-state index in [1.807, 2.05) is 0 Å². The zero-order chi connectivity index (χ0) is 13.5. The SMILES string of the molecule is O=C(O)CCCNC(=O)Nc1cc(Cl)cc(Cl)c1. The number of carbonyl (C=O) groups is 2. The summed E-state index contributed by atoms with van der Waals surface area (Å²) in [6.45, 7) is 0.284. The lowest BCUT2D eigenvalue weighted by molar-refractivity contribution is -0.137. The van der Waals surface area contributed by atoms with Crippen LogP contribution < -0.4 is 10.6 Å². The van der Waals surface area contributed by atoms with Crippen LogP contribution in [-0.4, -0.2) is 23.7 Å². The van der Waals surface area contributed by atoms with Crippen LogP contribution in [0.25, 0.3) is 0 Å². The summed E-state index contributed by atoms with van der Waals surface area (Å²) in [6, 6.07) is 4.24. The number of aliphatic carboxylic acids is 1. The van der Waals surface area contributed by atoms with Crippen LogP contribution in [0.5, 0.6) is 0 Å². The van der Waals surface area contributed by atoms with Crippen LogP contribution in [0, 0.1) is 0 Å². The standard InChI is InChI=1S/C11H12Cl2N2O3/c12-7-4-8(13)6-9(5-7)15-11(18)14-3-1-2-10(16)17/h4-6H,1-3H2,(H,16,17)(H2,14,15,18). The van der Waals surface area contributed by atoms with E-state index in [2.05, 4.69) is 10.6 Å². The molecule has 0 spiro atoms. The minimum Gasteiger partial charge on any atom is -0.481 e. The molecule has 0 fully saturated rings. The molecule has 0 aliphatic rings. The van der Waals surface area contributed by atoms with E-state index in [1.54, 1.807) is 18.2 Å². The van der Waals surface area contributed by atoms with Crippen molar-refractivity contribution in [2.45, 2.75) is 12.8 Å². The molecule has 0 aliphatic carbocycles. The van der Waals surface area contributed by atoms with E-state index in [0.717, 1.165) is 0 Å². The van der Waals surface area contributed by atoms with Crippen molar-refractivity contribution >= 4 is 40.9 Å². The molecule has 0 saturated heterocycles. The zero-order valence-electron chi connectivity index (χ0n) is 9.37. The molecular weight excluding hydrogens is 279 g/mol. The van der Waals surface area contributed by atoms with Crippen molar-refractivity contribution in [1.82, 2.24) is 5.32 Å². The lowest BCUT2D eigenvalue weighted by Gasteiger charge is -2.07. The molecule has 0 aliphatic heterocycles. The van der Waals surface area contributed by atoms with Gasteiger partial charge in [0, 0.05) is 28.7 Å². The van der Waals surface area contributed by atoms with E-state index in [4.69, 9.17) is 28.3 Å².